The molecule has 1 N–H and O–H groups in total. The van der Waals surface area contributed by atoms with Gasteiger partial charge in [0, 0.05) is 30.5 Å². The number of guanidine groups is 1. The largest absolute Gasteiger partial charge is 0.481 e. The number of para-hydroxylation sites is 1. The first kappa shape index (κ1) is 25.0. The number of carbonyl (C=O) groups is 1. The van der Waals surface area contributed by atoms with Crippen molar-refractivity contribution in [1.82, 2.24) is 9.80 Å². The molecule has 3 heterocycles. The van der Waals surface area contributed by atoms with E-state index in [0.717, 1.165) is 29.0 Å². The molecular formula is C29H24F4N4O2. The van der Waals surface area contributed by atoms with Crippen LogP contribution in [0.1, 0.15) is 30.5 Å². The maximum absolute atomic E-state index is 15.0. The minimum Gasteiger partial charge on any atom is -0.481 e. The van der Waals surface area contributed by atoms with Crippen molar-refractivity contribution in [2.45, 2.75) is 31.6 Å². The lowest BCUT2D eigenvalue weighted by Gasteiger charge is -2.43. The van der Waals surface area contributed by atoms with E-state index < -0.39 is 36.0 Å². The number of carboxylic acid groups (broad SMARTS) is 1. The van der Waals surface area contributed by atoms with Crippen molar-refractivity contribution in [1.29, 1.82) is 0 Å². The van der Waals surface area contributed by atoms with Crippen molar-refractivity contribution in [3.8, 4) is 0 Å². The summed E-state index contributed by atoms with van der Waals surface area (Å²) in [6.45, 7) is 3.01. The molecule has 0 saturated carbocycles. The third kappa shape index (κ3) is 4.39. The Morgan fingerprint density at radius 2 is 1.92 bits per heavy atom. The fraction of sp³-hybridized carbons (Fsp3) is 0.241. The zero-order valence-electron chi connectivity index (χ0n) is 20.9. The number of fused-ring (bicyclic) bond motifs is 4. The fourth-order valence-corrected chi connectivity index (χ4v) is 5.60. The van der Waals surface area contributed by atoms with E-state index in [9.17, 15) is 23.1 Å². The highest BCUT2D eigenvalue weighted by Gasteiger charge is 2.40. The van der Waals surface area contributed by atoms with Gasteiger partial charge in [-0.15, -0.1) is 0 Å². The quantitative estimate of drug-likeness (QED) is 0.477. The Labute approximate surface area is 222 Å². The fourth-order valence-electron chi connectivity index (χ4n) is 5.60. The molecule has 6 nitrogen and oxygen atoms in total. The monoisotopic (exact) mass is 536 g/mol. The molecule has 0 radical (unpaired) electrons. The molecule has 39 heavy (non-hydrogen) atoms. The second kappa shape index (κ2) is 9.14. The lowest BCUT2D eigenvalue weighted by Crippen LogP contribution is -2.51. The van der Waals surface area contributed by atoms with Crippen molar-refractivity contribution in [2.75, 3.05) is 18.0 Å². The molecule has 3 aliphatic heterocycles. The van der Waals surface area contributed by atoms with Gasteiger partial charge in [-0.05, 0) is 42.8 Å². The van der Waals surface area contributed by atoms with Gasteiger partial charge in [0.05, 0.1) is 29.8 Å². The zero-order chi connectivity index (χ0) is 27.5. The highest BCUT2D eigenvalue weighted by Crippen LogP contribution is 2.44. The summed E-state index contributed by atoms with van der Waals surface area (Å²) < 4.78 is 56.1. The maximum atomic E-state index is 15.0. The SMILES string of the molecule is CC1=CC2=CC3=CN(C4=Nc5c(F)cccc5C(CC(=O)O)N4c4cccc(C(F)(F)F)c4)CCN3C2C=C1. The normalized spacial score (nSPS) is 21.9. The van der Waals surface area contributed by atoms with E-state index >= 15 is 4.39 Å². The summed E-state index contributed by atoms with van der Waals surface area (Å²) >= 11 is 0. The molecule has 6 rings (SSSR count). The van der Waals surface area contributed by atoms with Crippen LogP contribution in [-0.4, -0.2) is 46.0 Å². The smallest absolute Gasteiger partial charge is 0.416 e. The number of rotatable bonds is 3. The van der Waals surface area contributed by atoms with Gasteiger partial charge in [-0.2, -0.15) is 13.2 Å². The van der Waals surface area contributed by atoms with Crippen LogP contribution >= 0.6 is 0 Å². The van der Waals surface area contributed by atoms with Gasteiger partial charge in [0.25, 0.3) is 0 Å². The molecule has 0 amide bonds. The number of carboxylic acids is 1. The third-order valence-corrected chi connectivity index (χ3v) is 7.32. The zero-order valence-corrected chi connectivity index (χ0v) is 20.9. The third-order valence-electron chi connectivity index (χ3n) is 7.32. The van der Waals surface area contributed by atoms with Gasteiger partial charge >= 0.3 is 12.1 Å². The molecule has 200 valence electrons. The number of allylic oxidation sites excluding steroid dienone is 3. The number of nitrogens with zero attached hydrogens (tertiary/aromatic N) is 4. The second-order valence-electron chi connectivity index (χ2n) is 9.90. The van der Waals surface area contributed by atoms with E-state index in [1.165, 1.54) is 29.2 Å². The van der Waals surface area contributed by atoms with Crippen LogP contribution in [-0.2, 0) is 11.0 Å². The van der Waals surface area contributed by atoms with Crippen LogP contribution in [0, 0.1) is 5.82 Å². The van der Waals surface area contributed by atoms with Crippen LogP contribution in [0.25, 0.3) is 0 Å². The molecule has 2 atom stereocenters. The van der Waals surface area contributed by atoms with E-state index in [1.54, 1.807) is 11.0 Å². The first-order valence-corrected chi connectivity index (χ1v) is 12.5. The first-order chi connectivity index (χ1) is 18.6. The number of alkyl halides is 3. The Morgan fingerprint density at radius 3 is 2.69 bits per heavy atom. The van der Waals surface area contributed by atoms with Gasteiger partial charge < -0.3 is 19.8 Å². The van der Waals surface area contributed by atoms with E-state index in [1.807, 2.05) is 19.2 Å². The predicted octanol–water partition coefficient (Wildman–Crippen LogP) is 6.15. The van der Waals surface area contributed by atoms with Crippen molar-refractivity contribution in [3.63, 3.8) is 0 Å². The standard InChI is InChI=1S/C29H24F4N4O2/c1-17-8-9-24-18(12-17)13-21-16-35(10-11-36(21)24)28-34-27-22(6-3-7-23(27)30)25(15-26(38)39)37(28)20-5-2-4-19(14-20)29(31,32)33/h2-9,12-14,16,24-25H,10-11,15H2,1H3,(H,38,39). The average molecular weight is 537 g/mol. The molecular weight excluding hydrogens is 512 g/mol. The summed E-state index contributed by atoms with van der Waals surface area (Å²) in [7, 11) is 0. The number of anilines is 1. The van der Waals surface area contributed by atoms with Crippen LogP contribution in [0.4, 0.5) is 28.9 Å². The number of aliphatic imine (C=N–C) groups is 1. The molecule has 2 aromatic rings. The van der Waals surface area contributed by atoms with Crippen LogP contribution in [0.2, 0.25) is 0 Å². The van der Waals surface area contributed by atoms with Gasteiger partial charge in [0.2, 0.25) is 5.96 Å². The highest BCUT2D eigenvalue weighted by atomic mass is 19.4. The van der Waals surface area contributed by atoms with Gasteiger partial charge in [-0.1, -0.05) is 42.0 Å². The molecule has 2 aromatic carbocycles. The predicted molar refractivity (Wildman–Crippen MR) is 139 cm³/mol. The van der Waals surface area contributed by atoms with Crippen molar-refractivity contribution in [3.05, 3.63) is 107 Å². The second-order valence-corrected chi connectivity index (χ2v) is 9.90. The van der Waals surface area contributed by atoms with E-state index in [4.69, 9.17) is 0 Å². The van der Waals surface area contributed by atoms with Gasteiger partial charge in [0.1, 0.15) is 11.5 Å². The lowest BCUT2D eigenvalue weighted by molar-refractivity contribution is -0.138. The minimum atomic E-state index is -4.60. The summed E-state index contributed by atoms with van der Waals surface area (Å²) in [6, 6.07) is 8.05. The Balaban J connectivity index is 1.51. The molecule has 0 aromatic heterocycles. The number of aliphatic carboxylic acids is 1. The minimum absolute atomic E-state index is 0.0113. The molecule has 10 heteroatoms. The number of hydrogen-bond donors (Lipinski definition) is 1. The highest BCUT2D eigenvalue weighted by molar-refractivity contribution is 6.02. The Bertz CT molecular complexity index is 1520. The van der Waals surface area contributed by atoms with Crippen molar-refractivity contribution >= 4 is 23.3 Å². The average Bonchev–Trinajstić information content (AvgIpc) is 3.25. The molecule has 0 fully saturated rings. The van der Waals surface area contributed by atoms with Crippen LogP contribution in [0.15, 0.2) is 94.8 Å². The van der Waals surface area contributed by atoms with Crippen LogP contribution in [0.5, 0.6) is 0 Å². The summed E-state index contributed by atoms with van der Waals surface area (Å²) in [5.41, 5.74) is 2.67. The first-order valence-electron chi connectivity index (χ1n) is 12.5. The molecule has 0 spiro atoms. The molecule has 2 unspecified atom stereocenters. The lowest BCUT2D eigenvalue weighted by atomic mass is 9.97. The molecule has 1 aliphatic carbocycles. The Morgan fingerprint density at radius 1 is 1.13 bits per heavy atom. The van der Waals surface area contributed by atoms with Gasteiger partial charge in [-0.3, -0.25) is 4.79 Å². The molecule has 0 saturated heterocycles. The maximum Gasteiger partial charge on any atom is 0.416 e. The Hall–Kier alpha value is -4.34. The molecule has 0 bridgehead atoms. The van der Waals surface area contributed by atoms with Crippen LogP contribution < -0.4 is 4.90 Å². The van der Waals surface area contributed by atoms with Gasteiger partial charge in [0.15, 0.2) is 0 Å². The summed E-state index contributed by atoms with van der Waals surface area (Å²) in [5.74, 6) is -1.63. The van der Waals surface area contributed by atoms with Crippen molar-refractivity contribution < 1.29 is 27.5 Å². The topological polar surface area (TPSA) is 59.4 Å². The van der Waals surface area contributed by atoms with E-state index in [2.05, 4.69) is 28.1 Å². The number of hydrogen-bond acceptors (Lipinski definition) is 5. The number of halogens is 4. The van der Waals surface area contributed by atoms with Gasteiger partial charge in [-0.25, -0.2) is 9.38 Å². The van der Waals surface area contributed by atoms with Crippen molar-refractivity contribution in [2.24, 2.45) is 4.99 Å². The van der Waals surface area contributed by atoms with E-state index in [0.29, 0.717) is 18.7 Å². The molecule has 4 aliphatic rings. The Kier molecular flexibility index (Phi) is 5.85. The summed E-state index contributed by atoms with van der Waals surface area (Å²) in [6.07, 6.45) is 5.11. The summed E-state index contributed by atoms with van der Waals surface area (Å²) in [5, 5.41) is 9.78. The summed E-state index contributed by atoms with van der Waals surface area (Å²) in [4.78, 5) is 22.0. The number of benzene rings is 2. The van der Waals surface area contributed by atoms with Crippen LogP contribution in [0.3, 0.4) is 0 Å². The van der Waals surface area contributed by atoms with E-state index in [-0.39, 0.29) is 23.4 Å².